The normalized spacial score (nSPS) is 18.8. The molecule has 6 nitrogen and oxygen atoms in total. The van der Waals surface area contributed by atoms with Crippen LogP contribution >= 0.6 is 0 Å². The van der Waals surface area contributed by atoms with E-state index >= 15 is 0 Å². The number of rotatable bonds is 3. The van der Waals surface area contributed by atoms with E-state index in [1.807, 2.05) is 10.7 Å². The van der Waals surface area contributed by atoms with Crippen LogP contribution in [-0.2, 0) is 6.54 Å². The van der Waals surface area contributed by atoms with E-state index in [0.29, 0.717) is 11.5 Å². The Morgan fingerprint density at radius 3 is 3.20 bits per heavy atom. The highest BCUT2D eigenvalue weighted by molar-refractivity contribution is 5.53. The maximum Gasteiger partial charge on any atom is 0.146 e. The quantitative estimate of drug-likeness (QED) is 0.842. The van der Waals surface area contributed by atoms with Gasteiger partial charge in [-0.1, -0.05) is 0 Å². The van der Waals surface area contributed by atoms with E-state index in [9.17, 15) is 5.26 Å². The molecule has 1 unspecified atom stereocenters. The topological polar surface area (TPSA) is 70.6 Å². The standard InChI is InChI=1S/C14H16N6/c15-7-13-4-1-5-17-14(13)19-6-2-3-12(8-19)9-20-11-16-10-18-20/h1,4-5,10-12H,2-3,6,8-9H2. The molecule has 2 aromatic rings. The van der Waals surface area contributed by atoms with Crippen molar-refractivity contribution in [1.82, 2.24) is 19.7 Å². The van der Waals surface area contributed by atoms with E-state index in [1.54, 1.807) is 24.9 Å². The van der Waals surface area contributed by atoms with Gasteiger partial charge in [-0.15, -0.1) is 0 Å². The fourth-order valence-electron chi connectivity index (χ4n) is 2.73. The Morgan fingerprint density at radius 1 is 1.45 bits per heavy atom. The van der Waals surface area contributed by atoms with Gasteiger partial charge in [0.1, 0.15) is 24.5 Å². The molecular weight excluding hydrogens is 252 g/mol. The molecule has 0 aromatic carbocycles. The first kappa shape index (κ1) is 12.6. The lowest BCUT2D eigenvalue weighted by molar-refractivity contribution is 0.350. The average Bonchev–Trinajstić information content (AvgIpc) is 3.00. The first-order valence-corrected chi connectivity index (χ1v) is 6.79. The lowest BCUT2D eigenvalue weighted by Gasteiger charge is -2.33. The summed E-state index contributed by atoms with van der Waals surface area (Å²) < 4.78 is 1.87. The molecule has 1 aliphatic heterocycles. The maximum atomic E-state index is 9.18. The van der Waals surface area contributed by atoms with E-state index in [4.69, 9.17) is 0 Å². The third kappa shape index (κ3) is 2.62. The van der Waals surface area contributed by atoms with Crippen molar-refractivity contribution in [1.29, 1.82) is 5.26 Å². The molecule has 2 aromatic heterocycles. The monoisotopic (exact) mass is 268 g/mol. The van der Waals surface area contributed by atoms with Crippen molar-refractivity contribution >= 4 is 5.82 Å². The minimum absolute atomic E-state index is 0.513. The van der Waals surface area contributed by atoms with Crippen molar-refractivity contribution in [2.75, 3.05) is 18.0 Å². The molecule has 0 bridgehead atoms. The van der Waals surface area contributed by atoms with Gasteiger partial charge in [-0.25, -0.2) is 9.97 Å². The second kappa shape index (κ2) is 5.70. The Hall–Kier alpha value is -2.42. The molecule has 0 amide bonds. The number of aromatic nitrogens is 4. The van der Waals surface area contributed by atoms with Crippen LogP contribution in [0, 0.1) is 17.2 Å². The molecule has 6 heteroatoms. The molecule has 0 radical (unpaired) electrons. The third-order valence-corrected chi connectivity index (χ3v) is 3.64. The summed E-state index contributed by atoms with van der Waals surface area (Å²) in [5, 5.41) is 13.3. The summed E-state index contributed by atoms with van der Waals surface area (Å²) in [5.41, 5.74) is 0.647. The van der Waals surface area contributed by atoms with Crippen LogP contribution < -0.4 is 4.90 Å². The van der Waals surface area contributed by atoms with Gasteiger partial charge < -0.3 is 4.90 Å². The number of anilines is 1. The van der Waals surface area contributed by atoms with Gasteiger partial charge in [0.15, 0.2) is 0 Å². The van der Waals surface area contributed by atoms with Gasteiger partial charge in [0, 0.05) is 25.8 Å². The predicted molar refractivity (Wildman–Crippen MR) is 73.9 cm³/mol. The zero-order valence-corrected chi connectivity index (χ0v) is 11.2. The Bertz CT molecular complexity index is 600. The van der Waals surface area contributed by atoms with Crippen molar-refractivity contribution < 1.29 is 0 Å². The molecule has 0 saturated carbocycles. The largest absolute Gasteiger partial charge is 0.355 e. The van der Waals surface area contributed by atoms with Gasteiger partial charge in [0.2, 0.25) is 0 Å². The average molecular weight is 268 g/mol. The fraction of sp³-hybridized carbons (Fsp3) is 0.429. The summed E-state index contributed by atoms with van der Waals surface area (Å²) in [6, 6.07) is 5.85. The summed E-state index contributed by atoms with van der Waals surface area (Å²) >= 11 is 0. The van der Waals surface area contributed by atoms with Gasteiger partial charge in [-0.2, -0.15) is 10.4 Å². The Kier molecular flexibility index (Phi) is 3.59. The Labute approximate surface area is 117 Å². The minimum atomic E-state index is 0.513. The smallest absolute Gasteiger partial charge is 0.146 e. The molecule has 1 atom stereocenters. The molecule has 20 heavy (non-hydrogen) atoms. The van der Waals surface area contributed by atoms with E-state index in [1.165, 1.54) is 6.42 Å². The summed E-state index contributed by atoms with van der Waals surface area (Å²) in [6.45, 7) is 2.73. The molecule has 3 rings (SSSR count). The van der Waals surface area contributed by atoms with Crippen molar-refractivity contribution in [3.05, 3.63) is 36.5 Å². The fourth-order valence-corrected chi connectivity index (χ4v) is 2.73. The van der Waals surface area contributed by atoms with Crippen LogP contribution in [0.25, 0.3) is 0 Å². The molecule has 0 spiro atoms. The van der Waals surface area contributed by atoms with Gasteiger partial charge in [-0.3, -0.25) is 4.68 Å². The second-order valence-corrected chi connectivity index (χ2v) is 5.06. The van der Waals surface area contributed by atoms with Crippen LogP contribution in [0.1, 0.15) is 18.4 Å². The summed E-state index contributed by atoms with van der Waals surface area (Å²) in [5.74, 6) is 1.32. The molecule has 0 aliphatic carbocycles. The lowest BCUT2D eigenvalue weighted by atomic mass is 9.97. The Balaban J connectivity index is 1.73. The molecular formula is C14H16N6. The summed E-state index contributed by atoms with van der Waals surface area (Å²) in [4.78, 5) is 10.6. The van der Waals surface area contributed by atoms with Gasteiger partial charge in [0.25, 0.3) is 0 Å². The van der Waals surface area contributed by atoms with Crippen molar-refractivity contribution in [3.63, 3.8) is 0 Å². The number of nitrogens with zero attached hydrogens (tertiary/aromatic N) is 6. The van der Waals surface area contributed by atoms with E-state index in [-0.39, 0.29) is 0 Å². The molecule has 1 aliphatic rings. The zero-order chi connectivity index (χ0) is 13.8. The van der Waals surface area contributed by atoms with E-state index in [0.717, 1.165) is 31.9 Å². The van der Waals surface area contributed by atoms with Crippen LogP contribution in [0.4, 0.5) is 5.82 Å². The van der Waals surface area contributed by atoms with Crippen LogP contribution in [0.15, 0.2) is 31.0 Å². The van der Waals surface area contributed by atoms with Gasteiger partial charge in [-0.05, 0) is 30.9 Å². The van der Waals surface area contributed by atoms with Gasteiger partial charge in [0.05, 0.1) is 5.56 Å². The van der Waals surface area contributed by atoms with Crippen LogP contribution in [-0.4, -0.2) is 32.8 Å². The molecule has 0 N–H and O–H groups in total. The zero-order valence-electron chi connectivity index (χ0n) is 11.2. The number of pyridine rings is 1. The van der Waals surface area contributed by atoms with Gasteiger partial charge >= 0.3 is 0 Å². The number of hydrogen-bond acceptors (Lipinski definition) is 5. The van der Waals surface area contributed by atoms with Crippen molar-refractivity contribution in [2.24, 2.45) is 5.92 Å². The first-order valence-electron chi connectivity index (χ1n) is 6.79. The maximum absolute atomic E-state index is 9.18. The SMILES string of the molecule is N#Cc1cccnc1N1CCCC(Cn2cncn2)C1. The lowest BCUT2D eigenvalue weighted by Crippen LogP contribution is -2.38. The highest BCUT2D eigenvalue weighted by Crippen LogP contribution is 2.24. The van der Waals surface area contributed by atoms with Crippen molar-refractivity contribution in [2.45, 2.75) is 19.4 Å². The molecule has 1 fully saturated rings. The minimum Gasteiger partial charge on any atom is -0.355 e. The van der Waals surface area contributed by atoms with Crippen LogP contribution in [0.5, 0.6) is 0 Å². The molecule has 102 valence electrons. The third-order valence-electron chi connectivity index (χ3n) is 3.64. The molecule has 1 saturated heterocycles. The summed E-state index contributed by atoms with van der Waals surface area (Å²) in [7, 11) is 0. The predicted octanol–water partition coefficient (Wildman–Crippen LogP) is 1.46. The Morgan fingerprint density at radius 2 is 2.40 bits per heavy atom. The number of nitriles is 1. The summed E-state index contributed by atoms with van der Waals surface area (Å²) in [6.07, 6.45) is 7.34. The highest BCUT2D eigenvalue weighted by atomic mass is 15.3. The van der Waals surface area contributed by atoms with Crippen LogP contribution in [0.2, 0.25) is 0 Å². The highest BCUT2D eigenvalue weighted by Gasteiger charge is 2.23. The molecule has 3 heterocycles. The van der Waals surface area contributed by atoms with E-state index < -0.39 is 0 Å². The van der Waals surface area contributed by atoms with Crippen molar-refractivity contribution in [3.8, 4) is 6.07 Å². The number of piperidine rings is 1. The van der Waals surface area contributed by atoms with Crippen LogP contribution in [0.3, 0.4) is 0 Å². The first-order chi connectivity index (χ1) is 9.86. The van der Waals surface area contributed by atoms with E-state index in [2.05, 4.69) is 26.0 Å². The second-order valence-electron chi connectivity index (χ2n) is 5.06. The number of hydrogen-bond donors (Lipinski definition) is 0.